The minimum atomic E-state index is 0.634. The molecule has 0 atom stereocenters. The second kappa shape index (κ2) is 6.52. The molecular weight excluding hydrogens is 226 g/mol. The molecule has 0 bridgehead atoms. The van der Waals surface area contributed by atoms with Crippen LogP contribution in [0.15, 0.2) is 24.3 Å². The summed E-state index contributed by atoms with van der Waals surface area (Å²) in [4.78, 5) is 4.64. The van der Waals surface area contributed by atoms with E-state index in [-0.39, 0.29) is 0 Å². The van der Waals surface area contributed by atoms with Gasteiger partial charge in [-0.25, -0.2) is 4.98 Å². The van der Waals surface area contributed by atoms with E-state index in [0.29, 0.717) is 6.54 Å². The summed E-state index contributed by atoms with van der Waals surface area (Å²) in [5.41, 5.74) is 7.89. The minimum Gasteiger partial charge on any atom is -0.382 e. The Bertz CT molecular complexity index is 493. The van der Waals surface area contributed by atoms with E-state index in [2.05, 4.69) is 21.7 Å². The summed E-state index contributed by atoms with van der Waals surface area (Å²) in [6.45, 7) is 5.17. The van der Waals surface area contributed by atoms with Crippen LogP contribution in [-0.2, 0) is 17.7 Å². The lowest BCUT2D eigenvalue weighted by Gasteiger charge is -2.08. The van der Waals surface area contributed by atoms with E-state index in [1.807, 2.05) is 19.1 Å². The highest BCUT2D eigenvalue weighted by Gasteiger charge is 2.08. The normalized spacial score (nSPS) is 11.2. The molecule has 0 aliphatic carbocycles. The number of imidazole rings is 1. The molecule has 0 radical (unpaired) electrons. The van der Waals surface area contributed by atoms with Crippen molar-refractivity contribution in [3.05, 3.63) is 30.1 Å². The molecule has 0 amide bonds. The molecule has 0 aliphatic heterocycles. The lowest BCUT2D eigenvalue weighted by molar-refractivity contribution is 0.141. The van der Waals surface area contributed by atoms with E-state index in [0.717, 1.165) is 43.9 Å². The lowest BCUT2D eigenvalue weighted by atomic mass is 10.3. The van der Waals surface area contributed by atoms with E-state index in [9.17, 15) is 0 Å². The van der Waals surface area contributed by atoms with Crippen molar-refractivity contribution in [2.45, 2.75) is 26.3 Å². The highest BCUT2D eigenvalue weighted by molar-refractivity contribution is 5.75. The van der Waals surface area contributed by atoms with Crippen molar-refractivity contribution in [2.75, 3.05) is 19.8 Å². The predicted octanol–water partition coefficient (Wildman–Crippen LogP) is 1.96. The van der Waals surface area contributed by atoms with E-state index >= 15 is 0 Å². The molecule has 1 heterocycles. The Labute approximate surface area is 108 Å². The van der Waals surface area contributed by atoms with Crippen molar-refractivity contribution < 1.29 is 4.74 Å². The number of hydrogen-bond acceptors (Lipinski definition) is 3. The van der Waals surface area contributed by atoms with E-state index in [1.165, 1.54) is 5.52 Å². The van der Waals surface area contributed by atoms with Crippen molar-refractivity contribution in [2.24, 2.45) is 5.73 Å². The van der Waals surface area contributed by atoms with Gasteiger partial charge in [-0.2, -0.15) is 0 Å². The molecule has 18 heavy (non-hydrogen) atoms. The number of nitrogens with zero attached hydrogens (tertiary/aromatic N) is 2. The number of para-hydroxylation sites is 2. The van der Waals surface area contributed by atoms with Crippen molar-refractivity contribution in [1.82, 2.24) is 9.55 Å². The second-order valence-corrected chi connectivity index (χ2v) is 4.26. The summed E-state index contributed by atoms with van der Waals surface area (Å²) in [6.07, 6.45) is 1.83. The third-order valence-corrected chi connectivity index (χ3v) is 2.98. The van der Waals surface area contributed by atoms with Crippen molar-refractivity contribution in [1.29, 1.82) is 0 Å². The number of rotatable bonds is 7. The number of nitrogens with two attached hydrogens (primary N) is 1. The first-order valence-electron chi connectivity index (χ1n) is 6.58. The molecule has 0 aliphatic rings. The summed E-state index contributed by atoms with van der Waals surface area (Å²) in [6, 6.07) is 8.23. The van der Waals surface area contributed by atoms with Crippen molar-refractivity contribution >= 4 is 11.0 Å². The third kappa shape index (κ3) is 2.89. The Morgan fingerprint density at radius 3 is 2.94 bits per heavy atom. The molecule has 2 N–H and O–H groups in total. The van der Waals surface area contributed by atoms with Crippen LogP contribution in [0.2, 0.25) is 0 Å². The number of ether oxygens (including phenoxy) is 1. The number of aryl methyl sites for hydroxylation is 1. The average Bonchev–Trinajstić information content (AvgIpc) is 2.73. The highest BCUT2D eigenvalue weighted by Crippen LogP contribution is 2.16. The van der Waals surface area contributed by atoms with Gasteiger partial charge in [-0.15, -0.1) is 0 Å². The third-order valence-electron chi connectivity index (χ3n) is 2.98. The van der Waals surface area contributed by atoms with Crippen molar-refractivity contribution in [3.8, 4) is 0 Å². The van der Waals surface area contributed by atoms with Crippen molar-refractivity contribution in [3.63, 3.8) is 0 Å². The molecule has 0 fully saturated rings. The molecule has 0 unspecified atom stereocenters. The first-order valence-corrected chi connectivity index (χ1v) is 6.58. The monoisotopic (exact) mass is 247 g/mol. The number of benzene rings is 1. The first kappa shape index (κ1) is 13.1. The zero-order valence-corrected chi connectivity index (χ0v) is 10.9. The number of aromatic nitrogens is 2. The number of hydrogen-bond donors (Lipinski definition) is 1. The van der Waals surface area contributed by atoms with Crippen LogP contribution in [0, 0.1) is 0 Å². The predicted molar refractivity (Wildman–Crippen MR) is 73.6 cm³/mol. The summed E-state index contributed by atoms with van der Waals surface area (Å²) in [5, 5.41) is 0. The van der Waals surface area contributed by atoms with Crippen LogP contribution in [0.3, 0.4) is 0 Å². The van der Waals surface area contributed by atoms with E-state index in [1.54, 1.807) is 0 Å². The average molecular weight is 247 g/mol. The van der Waals surface area contributed by atoms with Gasteiger partial charge in [-0.1, -0.05) is 12.1 Å². The maximum Gasteiger partial charge on any atom is 0.111 e. The topological polar surface area (TPSA) is 53.1 Å². The second-order valence-electron chi connectivity index (χ2n) is 4.26. The maximum atomic E-state index is 5.65. The van der Waals surface area contributed by atoms with Crippen LogP contribution < -0.4 is 5.73 Å². The molecule has 1 aromatic carbocycles. The smallest absolute Gasteiger partial charge is 0.111 e. The van der Waals surface area contributed by atoms with Gasteiger partial charge in [0.15, 0.2) is 0 Å². The van der Waals surface area contributed by atoms with Gasteiger partial charge >= 0.3 is 0 Å². The van der Waals surface area contributed by atoms with Crippen LogP contribution >= 0.6 is 0 Å². The van der Waals surface area contributed by atoms with Crippen LogP contribution in [0.1, 0.15) is 19.2 Å². The van der Waals surface area contributed by atoms with Gasteiger partial charge in [-0.3, -0.25) is 0 Å². The van der Waals surface area contributed by atoms with Gasteiger partial charge in [0.25, 0.3) is 0 Å². The summed E-state index contributed by atoms with van der Waals surface area (Å²) in [5.74, 6) is 1.08. The van der Waals surface area contributed by atoms with Crippen LogP contribution in [0.5, 0.6) is 0 Å². The fourth-order valence-corrected chi connectivity index (χ4v) is 2.16. The fraction of sp³-hybridized carbons (Fsp3) is 0.500. The van der Waals surface area contributed by atoms with Gasteiger partial charge in [0.1, 0.15) is 5.82 Å². The molecule has 4 nitrogen and oxygen atoms in total. The zero-order chi connectivity index (χ0) is 12.8. The largest absolute Gasteiger partial charge is 0.382 e. The molecular formula is C14H21N3O. The van der Waals surface area contributed by atoms with Gasteiger partial charge in [0.2, 0.25) is 0 Å². The van der Waals surface area contributed by atoms with Gasteiger partial charge in [0.05, 0.1) is 11.0 Å². The zero-order valence-electron chi connectivity index (χ0n) is 10.9. The SMILES string of the molecule is CCOCCCn1c(CCN)nc2ccccc21. The Morgan fingerprint density at radius 1 is 1.33 bits per heavy atom. The molecule has 0 saturated heterocycles. The van der Waals surface area contributed by atoms with E-state index in [4.69, 9.17) is 10.5 Å². The fourth-order valence-electron chi connectivity index (χ4n) is 2.16. The molecule has 4 heteroatoms. The van der Waals surface area contributed by atoms with Gasteiger partial charge < -0.3 is 15.0 Å². The Hall–Kier alpha value is -1.39. The van der Waals surface area contributed by atoms with Gasteiger partial charge in [-0.05, 0) is 32.0 Å². The number of fused-ring (bicyclic) bond motifs is 1. The van der Waals surface area contributed by atoms with Gasteiger partial charge in [0, 0.05) is 26.2 Å². The standard InChI is InChI=1S/C14H21N3O/c1-2-18-11-5-10-17-13-7-4-3-6-12(13)16-14(17)8-9-15/h3-4,6-7H,2,5,8-11,15H2,1H3. The molecule has 0 spiro atoms. The minimum absolute atomic E-state index is 0.634. The highest BCUT2D eigenvalue weighted by atomic mass is 16.5. The molecule has 98 valence electrons. The first-order chi connectivity index (χ1) is 8.86. The molecule has 1 aromatic heterocycles. The molecule has 2 aromatic rings. The summed E-state index contributed by atoms with van der Waals surface area (Å²) < 4.78 is 7.65. The van der Waals surface area contributed by atoms with Crippen LogP contribution in [-0.4, -0.2) is 29.3 Å². The molecule has 0 saturated carbocycles. The van der Waals surface area contributed by atoms with Crippen LogP contribution in [0.4, 0.5) is 0 Å². The Balaban J connectivity index is 2.19. The lowest BCUT2D eigenvalue weighted by Crippen LogP contribution is -2.11. The van der Waals surface area contributed by atoms with E-state index < -0.39 is 0 Å². The summed E-state index contributed by atoms with van der Waals surface area (Å²) in [7, 11) is 0. The summed E-state index contributed by atoms with van der Waals surface area (Å²) >= 11 is 0. The van der Waals surface area contributed by atoms with Crippen LogP contribution in [0.25, 0.3) is 11.0 Å². The Morgan fingerprint density at radius 2 is 2.17 bits per heavy atom. The quantitative estimate of drug-likeness (QED) is 0.761. The molecule has 2 rings (SSSR count). The Kier molecular flexibility index (Phi) is 4.73. The maximum absolute atomic E-state index is 5.65.